The number of carbonyl (C=O) groups excluding carboxylic acids is 1. The van der Waals surface area contributed by atoms with Crippen molar-refractivity contribution < 1.29 is 23.7 Å². The van der Waals surface area contributed by atoms with Gasteiger partial charge in [0.15, 0.2) is 28.8 Å². The molecule has 0 saturated carbocycles. The second-order valence-electron chi connectivity index (χ2n) is 5.75. The van der Waals surface area contributed by atoms with Gasteiger partial charge in [0.05, 0.1) is 34.0 Å². The number of hydrogen-bond donors (Lipinski definition) is 0. The number of ether oxygens (including phenoxy) is 4. The van der Waals surface area contributed by atoms with Crippen LogP contribution in [0.3, 0.4) is 0 Å². The molecule has 5 heteroatoms. The molecule has 0 amide bonds. The summed E-state index contributed by atoms with van der Waals surface area (Å²) in [5.74, 6) is 1.97. The molecular weight excluding hydrogens is 320 g/mol. The maximum Gasteiger partial charge on any atom is 0.197 e. The summed E-state index contributed by atoms with van der Waals surface area (Å²) in [4.78, 5) is 13.4. The maximum atomic E-state index is 13.4. The Bertz CT molecular complexity index is 808. The molecule has 25 heavy (non-hydrogen) atoms. The second-order valence-corrected chi connectivity index (χ2v) is 5.75. The second kappa shape index (κ2) is 7.47. The number of benzene rings is 2. The predicted octanol–water partition coefficient (Wildman–Crippen LogP) is 3.88. The molecule has 2 rings (SSSR count). The van der Waals surface area contributed by atoms with Crippen LogP contribution in [0.5, 0.6) is 23.0 Å². The van der Waals surface area contributed by atoms with Crippen molar-refractivity contribution in [1.29, 1.82) is 0 Å². The van der Waals surface area contributed by atoms with Crippen LogP contribution in [0.25, 0.3) is 0 Å². The number of rotatable bonds is 6. The van der Waals surface area contributed by atoms with E-state index in [4.69, 9.17) is 18.9 Å². The van der Waals surface area contributed by atoms with Gasteiger partial charge in [0.25, 0.3) is 0 Å². The Labute approximate surface area is 148 Å². The Morgan fingerprint density at radius 1 is 0.720 bits per heavy atom. The average Bonchev–Trinajstić information content (AvgIpc) is 2.60. The van der Waals surface area contributed by atoms with Crippen LogP contribution in [-0.4, -0.2) is 34.2 Å². The highest BCUT2D eigenvalue weighted by Gasteiger charge is 2.26. The molecule has 0 N–H and O–H groups in total. The summed E-state index contributed by atoms with van der Waals surface area (Å²) in [6, 6.07) is 5.44. The van der Waals surface area contributed by atoms with Crippen LogP contribution in [0, 0.1) is 20.8 Å². The summed E-state index contributed by atoms with van der Waals surface area (Å²) < 4.78 is 21.6. The molecule has 0 radical (unpaired) electrons. The van der Waals surface area contributed by atoms with E-state index in [0.717, 1.165) is 16.7 Å². The van der Waals surface area contributed by atoms with Crippen LogP contribution in [0.1, 0.15) is 32.6 Å². The largest absolute Gasteiger partial charge is 0.493 e. The fourth-order valence-electron chi connectivity index (χ4n) is 3.12. The lowest BCUT2D eigenvalue weighted by molar-refractivity contribution is 0.103. The number of ketones is 1. The normalized spacial score (nSPS) is 10.4. The fraction of sp³-hybridized carbons (Fsp3) is 0.350. The quantitative estimate of drug-likeness (QED) is 0.745. The lowest BCUT2D eigenvalue weighted by atomic mass is 9.91. The third kappa shape index (κ3) is 3.14. The summed E-state index contributed by atoms with van der Waals surface area (Å²) in [6.07, 6.45) is 0. The van der Waals surface area contributed by atoms with E-state index in [1.807, 2.05) is 26.8 Å². The van der Waals surface area contributed by atoms with Crippen molar-refractivity contribution in [3.8, 4) is 23.0 Å². The van der Waals surface area contributed by atoms with Gasteiger partial charge in [-0.15, -0.1) is 0 Å². The molecule has 0 fully saturated rings. The summed E-state index contributed by atoms with van der Waals surface area (Å²) in [5.41, 5.74) is 3.42. The van der Waals surface area contributed by atoms with E-state index in [0.29, 0.717) is 34.1 Å². The van der Waals surface area contributed by atoms with Gasteiger partial charge in [-0.3, -0.25) is 4.79 Å². The molecule has 2 aromatic rings. The summed E-state index contributed by atoms with van der Waals surface area (Å²) >= 11 is 0. The third-order valence-electron chi connectivity index (χ3n) is 4.31. The lowest BCUT2D eigenvalue weighted by Crippen LogP contribution is -2.12. The predicted molar refractivity (Wildman–Crippen MR) is 96.7 cm³/mol. The van der Waals surface area contributed by atoms with E-state index in [2.05, 4.69) is 0 Å². The van der Waals surface area contributed by atoms with Crippen LogP contribution < -0.4 is 18.9 Å². The van der Waals surface area contributed by atoms with Gasteiger partial charge in [0.2, 0.25) is 0 Å². The molecule has 0 aliphatic heterocycles. The molecule has 0 aliphatic rings. The molecule has 0 aliphatic carbocycles. The molecule has 0 saturated heterocycles. The molecule has 134 valence electrons. The van der Waals surface area contributed by atoms with Crippen LogP contribution in [0.15, 0.2) is 18.2 Å². The number of carbonyl (C=O) groups is 1. The molecule has 5 nitrogen and oxygen atoms in total. The monoisotopic (exact) mass is 344 g/mol. The molecule has 0 unspecified atom stereocenters. The number of aryl methyl sites for hydroxylation is 2. The van der Waals surface area contributed by atoms with Crippen molar-refractivity contribution in [1.82, 2.24) is 0 Å². The fourth-order valence-corrected chi connectivity index (χ4v) is 3.12. The average molecular weight is 344 g/mol. The van der Waals surface area contributed by atoms with Gasteiger partial charge < -0.3 is 18.9 Å². The van der Waals surface area contributed by atoms with Crippen LogP contribution in [-0.2, 0) is 0 Å². The van der Waals surface area contributed by atoms with E-state index >= 15 is 0 Å². The first-order valence-electron chi connectivity index (χ1n) is 7.89. The third-order valence-corrected chi connectivity index (χ3v) is 4.31. The topological polar surface area (TPSA) is 54.0 Å². The summed E-state index contributed by atoms with van der Waals surface area (Å²) in [7, 11) is 6.22. The van der Waals surface area contributed by atoms with Gasteiger partial charge in [-0.05, 0) is 44.0 Å². The molecule has 0 atom stereocenters. The Morgan fingerprint density at radius 3 is 1.84 bits per heavy atom. The first kappa shape index (κ1) is 18.6. The van der Waals surface area contributed by atoms with Gasteiger partial charge in [0.1, 0.15) is 0 Å². The Hall–Kier alpha value is -2.69. The van der Waals surface area contributed by atoms with E-state index in [9.17, 15) is 4.79 Å². The smallest absolute Gasteiger partial charge is 0.197 e. The van der Waals surface area contributed by atoms with Crippen molar-refractivity contribution in [3.63, 3.8) is 0 Å². The maximum absolute atomic E-state index is 13.4. The standard InChI is InChI=1S/C20H24O5/c1-11-8-9-14(22-4)20(25-7)17(11)18(21)16-12(2)10-15(23-5)19(24-6)13(16)3/h8-10H,1-7H3. The van der Waals surface area contributed by atoms with Gasteiger partial charge in [-0.1, -0.05) is 6.07 Å². The van der Waals surface area contributed by atoms with Crippen molar-refractivity contribution in [2.75, 3.05) is 28.4 Å². The van der Waals surface area contributed by atoms with Gasteiger partial charge in [-0.2, -0.15) is 0 Å². The van der Waals surface area contributed by atoms with Crippen molar-refractivity contribution >= 4 is 5.78 Å². The Morgan fingerprint density at radius 2 is 1.32 bits per heavy atom. The molecular formula is C20H24O5. The number of hydrogen-bond acceptors (Lipinski definition) is 5. The zero-order valence-electron chi connectivity index (χ0n) is 15.8. The zero-order chi connectivity index (χ0) is 18.7. The van der Waals surface area contributed by atoms with Crippen molar-refractivity contribution in [3.05, 3.63) is 46.0 Å². The van der Waals surface area contributed by atoms with Crippen molar-refractivity contribution in [2.45, 2.75) is 20.8 Å². The van der Waals surface area contributed by atoms with E-state index < -0.39 is 0 Å². The van der Waals surface area contributed by atoms with Gasteiger partial charge in [0, 0.05) is 11.1 Å². The molecule has 2 aromatic carbocycles. The summed E-state index contributed by atoms with van der Waals surface area (Å²) in [6.45, 7) is 5.61. The van der Waals surface area contributed by atoms with E-state index in [1.165, 1.54) is 7.11 Å². The van der Waals surface area contributed by atoms with Crippen LogP contribution in [0.2, 0.25) is 0 Å². The Kier molecular flexibility index (Phi) is 5.57. The SMILES string of the molecule is COc1cc(C)c(C(=O)c2c(C)ccc(OC)c2OC)c(C)c1OC. The Balaban J connectivity index is 2.75. The summed E-state index contributed by atoms with van der Waals surface area (Å²) in [5, 5.41) is 0. The molecule has 0 spiro atoms. The lowest BCUT2D eigenvalue weighted by Gasteiger charge is -2.19. The van der Waals surface area contributed by atoms with Gasteiger partial charge >= 0.3 is 0 Å². The van der Waals surface area contributed by atoms with E-state index in [-0.39, 0.29) is 5.78 Å². The minimum Gasteiger partial charge on any atom is -0.493 e. The highest BCUT2D eigenvalue weighted by Crippen LogP contribution is 2.39. The highest BCUT2D eigenvalue weighted by atomic mass is 16.5. The number of methoxy groups -OCH3 is 4. The van der Waals surface area contributed by atoms with Crippen molar-refractivity contribution in [2.24, 2.45) is 0 Å². The molecule has 0 aromatic heterocycles. The first-order chi connectivity index (χ1) is 11.9. The highest BCUT2D eigenvalue weighted by molar-refractivity contribution is 6.14. The zero-order valence-corrected chi connectivity index (χ0v) is 15.8. The minimum absolute atomic E-state index is 0.135. The molecule has 0 heterocycles. The van der Waals surface area contributed by atoms with Crippen LogP contribution in [0.4, 0.5) is 0 Å². The van der Waals surface area contributed by atoms with Gasteiger partial charge in [-0.25, -0.2) is 0 Å². The first-order valence-corrected chi connectivity index (χ1v) is 7.89. The molecule has 0 bridgehead atoms. The van der Waals surface area contributed by atoms with E-state index in [1.54, 1.807) is 33.5 Å². The van der Waals surface area contributed by atoms with Crippen LogP contribution >= 0.6 is 0 Å². The minimum atomic E-state index is -0.135.